The van der Waals surface area contributed by atoms with Gasteiger partial charge in [0.2, 0.25) is 35.6 Å². The zero-order chi connectivity index (χ0) is 90.8. The van der Waals surface area contributed by atoms with Gasteiger partial charge in [0.05, 0.1) is 55.5 Å². The molecule has 3 unspecified atom stereocenters. The number of nitrogens with two attached hydrogens (primary N) is 5. The molecule has 0 fully saturated rings. The van der Waals surface area contributed by atoms with Crippen LogP contribution in [0, 0.1) is 0 Å². The smallest absolute Gasteiger partial charge is 0.870 e. The van der Waals surface area contributed by atoms with Crippen molar-refractivity contribution >= 4 is 153 Å². The first-order valence-electron chi connectivity index (χ1n) is 38.5. The van der Waals surface area contributed by atoms with Crippen LogP contribution in [0.25, 0.3) is 44.1 Å². The number of rotatable bonds is 35. The van der Waals surface area contributed by atoms with E-state index >= 15 is 0 Å². The first kappa shape index (κ1) is 126. The van der Waals surface area contributed by atoms with Crippen LogP contribution in [0.5, 0.6) is 0 Å². The van der Waals surface area contributed by atoms with E-state index in [-0.39, 0.29) is 305 Å². The van der Waals surface area contributed by atoms with Gasteiger partial charge in [-0.25, -0.2) is 22.2 Å². The number of halogens is 1. The van der Waals surface area contributed by atoms with Gasteiger partial charge in [-0.3, -0.25) is 80.5 Å². The number of hydrogen-bond acceptors (Lipinski definition) is 33. The number of nitrogens with zero attached hydrogens (tertiary/aromatic N) is 4. The van der Waals surface area contributed by atoms with Crippen molar-refractivity contribution in [3.8, 4) is 0 Å². The average Bonchev–Trinajstić information content (AvgIpc) is 1.68. The second-order valence-corrected chi connectivity index (χ2v) is 27.6. The van der Waals surface area contributed by atoms with Crippen LogP contribution in [0.15, 0.2) is 141 Å². The van der Waals surface area contributed by atoms with Gasteiger partial charge in [-0.2, -0.15) is 32.8 Å². The number of aromatic amines is 8. The molecule has 12 aromatic rings. The number of aryl methyl sites for hydroxylation is 8. The quantitative estimate of drug-likeness (QED) is 0.00759. The summed E-state index contributed by atoms with van der Waals surface area (Å²) in [7, 11) is 4.99. The van der Waals surface area contributed by atoms with E-state index in [0.29, 0.717) is 112 Å². The number of H-pyrrole nitrogens is 8. The van der Waals surface area contributed by atoms with Crippen LogP contribution in [0.2, 0.25) is 0 Å². The van der Waals surface area contributed by atoms with Crippen molar-refractivity contribution in [2.75, 3.05) is 51.4 Å². The Morgan fingerprint density at radius 2 is 0.649 bits per heavy atom. The number of carbonyl (C=O) groups excluding carboxylic acids is 11. The van der Waals surface area contributed by atoms with Gasteiger partial charge < -0.3 is 130 Å². The van der Waals surface area contributed by atoms with Crippen molar-refractivity contribution in [3.05, 3.63) is 230 Å². The molecule has 0 radical (unpaired) electrons. The van der Waals surface area contributed by atoms with E-state index in [9.17, 15) is 76.7 Å². The second kappa shape index (κ2) is 63.7. The molecule has 4 aromatic carbocycles. The minimum Gasteiger partial charge on any atom is -0.870 e. The number of benzene rings is 4. The number of carboxylic acid groups (broad SMARTS) is 1. The van der Waals surface area contributed by atoms with E-state index in [1.165, 1.54) is 28.4 Å². The van der Waals surface area contributed by atoms with Crippen LogP contribution in [0.4, 0.5) is 23.8 Å². The Bertz CT molecular complexity index is 5920. The molecule has 45 nitrogen and oxygen atoms in total. The molecule has 26 N–H and O–H groups in total. The number of hydrogen-bond donors (Lipinski definition) is 17. The first-order valence-corrected chi connectivity index (χ1v) is 38.5. The molecule has 8 heterocycles. The molecule has 0 saturated carbocycles. The molecule has 696 valence electrons. The normalized spacial score (nSPS) is 10.9. The van der Waals surface area contributed by atoms with Gasteiger partial charge in [0.15, 0.2) is 0 Å². The Kier molecular flexibility index (Phi) is 59.7. The van der Waals surface area contributed by atoms with Crippen LogP contribution in [0.3, 0.4) is 0 Å². The van der Waals surface area contributed by atoms with Crippen molar-refractivity contribution in [3.63, 3.8) is 0 Å². The van der Waals surface area contributed by atoms with Crippen molar-refractivity contribution < 1.29 is 265 Å². The predicted molar refractivity (Wildman–Crippen MR) is 471 cm³/mol. The zero-order valence-electron chi connectivity index (χ0n) is 74.2. The summed E-state index contributed by atoms with van der Waals surface area (Å²) in [5.74, 6) is -4.02. The largest absolute Gasteiger partial charge is 1.00 e. The van der Waals surface area contributed by atoms with E-state index < -0.39 is 65.8 Å². The average molecular weight is 1940 g/mol. The first-order chi connectivity index (χ1) is 60.0. The maximum Gasteiger partial charge on any atom is 1.00 e. The number of ether oxygens (including phenoxy) is 4. The Hall–Kier alpha value is -10.4. The summed E-state index contributed by atoms with van der Waals surface area (Å²) in [5.41, 5.74) is 36.8. The number of nitrogens with one attached hydrogen (secondary N) is 11. The molecule has 0 aliphatic heterocycles. The minimum absolute atomic E-state index is 0. The monoisotopic (exact) mass is 1940 g/mol. The molecule has 50 heteroatoms. The molecule has 0 aliphatic carbocycles. The van der Waals surface area contributed by atoms with Gasteiger partial charge in [0.25, 0.3) is 28.1 Å². The summed E-state index contributed by atoms with van der Waals surface area (Å²) >= 11 is 0. The summed E-state index contributed by atoms with van der Waals surface area (Å²) in [5, 5.41) is 18.5. The van der Waals surface area contributed by atoms with Gasteiger partial charge in [0, 0.05) is 54.3 Å². The molecular weight excluding hydrogens is 1850 g/mol. The van der Waals surface area contributed by atoms with Crippen LogP contribution in [0.1, 0.15) is 137 Å². The van der Waals surface area contributed by atoms with Gasteiger partial charge in [-0.15, -0.1) is 12.4 Å². The Labute approximate surface area is 897 Å². The molecule has 3 amide bonds. The third-order valence-corrected chi connectivity index (χ3v) is 19.2. The predicted octanol–water partition coefficient (Wildman–Crippen LogP) is -9.24. The van der Waals surface area contributed by atoms with E-state index in [1.54, 1.807) is 123 Å². The minimum atomic E-state index is -0.969. The molecule has 134 heavy (non-hydrogen) atoms. The number of esters is 4. The second-order valence-electron chi connectivity index (χ2n) is 27.6. The van der Waals surface area contributed by atoms with Crippen LogP contribution < -0.4 is 229 Å². The number of amides is 3. The van der Waals surface area contributed by atoms with Gasteiger partial charge in [0.1, 0.15) is 34.7 Å². The standard InChI is InChI=1S/C22H25N5O6.2C20H19N5O4.C15H14N4O3.C7H13NO4.ClH.2K.2Na.4H2O/c1-32-16(28)10-9-15(21(31)33-2)25-19(29)13-6-3-12(4-7-13)5-8-14-11-24-18-17(14)20(30)27-22(23)26-18;2*21-20-24-17-16(19(29)25-20)14(10-22-17)8-5-12-3-6-13(7-4-12)18(28)23-15(11-27)2-1-9-26;16-15-18-12-11(13(20)19-15)10(7-17-12)6-3-8-1-4-9(5-2-8)14(21)22;1-11-6(9)4-3-5(8)7(10)12-2;;;;;;;;;/h3-4,6-7,11,15H,5,8-10H2,1-2H3,(H,25,29)(H4,23,24,26,27,30);2*3-4,6-7,10,15H,1-2,5,8H2,(H,23,28)(H4,21,22,24,25,29);1-2,4-5,7H,3,6H2,(H,21,22)(H4,16,17,18,19,20);5H,3-4,8H2,1-2H3;1H;;;;;4*1H2/q;2*-2;;;;4*+1;;;;/p-4/t;;;;5-;;;;;;;;;/m....1........./s1. The Balaban J connectivity index is 0. The summed E-state index contributed by atoms with van der Waals surface area (Å²) in [6.07, 6.45) is 19.6. The topological polar surface area (TPSA) is 794 Å². The van der Waals surface area contributed by atoms with E-state index in [0.717, 1.165) is 44.5 Å². The molecule has 0 saturated heterocycles. The molecule has 0 aliphatic rings. The van der Waals surface area contributed by atoms with Crippen molar-refractivity contribution in [2.45, 2.75) is 127 Å². The van der Waals surface area contributed by atoms with Crippen molar-refractivity contribution in [2.24, 2.45) is 5.73 Å². The molecular formula is C84H95ClK2N20Na2O25-4. The van der Waals surface area contributed by atoms with Gasteiger partial charge >= 0.3 is 192 Å². The number of fused-ring (bicyclic) bond motifs is 4. The van der Waals surface area contributed by atoms with Gasteiger partial charge in [-0.05, 0) is 157 Å². The molecule has 0 bridgehead atoms. The summed E-state index contributed by atoms with van der Waals surface area (Å²) in [6.45, 7) is 0. The molecule has 12 rings (SSSR count). The van der Waals surface area contributed by atoms with Crippen LogP contribution in [-0.2, 0) is 109 Å². The maximum absolute atomic E-state index is 12.6. The number of carboxylic acids is 1. The Morgan fingerprint density at radius 1 is 0.388 bits per heavy atom. The fourth-order valence-corrected chi connectivity index (χ4v) is 12.5. The number of carbonyl (C=O) groups is 8. The van der Waals surface area contributed by atoms with E-state index in [2.05, 4.69) is 90.0 Å². The summed E-state index contributed by atoms with van der Waals surface area (Å²) in [6, 6.07) is 24.0. The number of methoxy groups -OCH3 is 4. The number of aromatic carboxylic acids is 1. The fourth-order valence-electron chi connectivity index (χ4n) is 12.5. The Morgan fingerprint density at radius 3 is 0.896 bits per heavy atom. The number of nitrogen functional groups attached to an aromatic ring is 4. The molecule has 4 atom stereocenters. The number of anilines is 4. The van der Waals surface area contributed by atoms with Crippen LogP contribution >= 0.6 is 12.4 Å². The summed E-state index contributed by atoms with van der Waals surface area (Å²) < 4.78 is 18.0. The summed E-state index contributed by atoms with van der Waals surface area (Å²) in [4.78, 5) is 221. The molecule has 8 aromatic heterocycles. The van der Waals surface area contributed by atoms with Gasteiger partial charge in [-0.1, -0.05) is 73.5 Å². The van der Waals surface area contributed by atoms with Crippen molar-refractivity contribution in [1.29, 1.82) is 0 Å². The van der Waals surface area contributed by atoms with E-state index in [4.69, 9.17) is 38.5 Å². The fraction of sp³-hybridized carbons (Fsp3) is 0.286. The molecule has 0 spiro atoms. The van der Waals surface area contributed by atoms with Crippen molar-refractivity contribution in [1.82, 2.24) is 75.8 Å². The van der Waals surface area contributed by atoms with E-state index in [1.807, 2.05) is 24.3 Å². The number of aromatic nitrogens is 12. The third kappa shape index (κ3) is 38.0. The third-order valence-electron chi connectivity index (χ3n) is 19.2. The SMILES string of the molecule is COC(=O)CCC(NC(=O)c1ccc(CCc2c[nH]c3nc(N)[nH]c(=O)c23)cc1)C(=O)OC.COC(=O)CC[C@@H](N)C(=O)OC.Cl.Nc1nc2[nH]cc(CCc3ccc(C(=O)NC([C-]=O)CC[C-]=O)cc3)c2c(=O)[nH]1.Nc1nc2[nH]cc(CCc3ccc(C(=O)NC([C-]=O)CC[C-]=O)cc3)c2c(=O)[nH]1.Nc1nc2[nH]cc(CCc3ccc(C(=O)O)cc3)c2c(=O)[nH]1.[K+].[K+].[Na+].[Na+].[OH-].[OH-].[OH-].[OH-]. The maximum atomic E-state index is 12.6. The van der Waals surface area contributed by atoms with Crippen LogP contribution in [-0.4, -0.2) is 212 Å². The zero-order valence-corrected chi connectivity index (χ0v) is 85.2.